The molecular weight excluding hydrogens is 336 g/mol. The van der Waals surface area contributed by atoms with E-state index in [-0.39, 0.29) is 23.4 Å². The Morgan fingerprint density at radius 3 is 2.24 bits per heavy atom. The van der Waals surface area contributed by atoms with Crippen LogP contribution in [0.2, 0.25) is 5.02 Å². The highest BCUT2D eigenvalue weighted by molar-refractivity contribution is 6.34. The first-order chi connectivity index (χ1) is 11.8. The lowest BCUT2D eigenvalue weighted by Gasteiger charge is -2.20. The van der Waals surface area contributed by atoms with Gasteiger partial charge < -0.3 is 10.1 Å². The molecule has 1 aromatic heterocycles. The molecule has 5 heteroatoms. The number of nitrogens with zero attached hydrogens (tertiary/aromatic N) is 1. The average molecular weight is 361 g/mol. The molecule has 0 radical (unpaired) electrons. The second kappa shape index (κ2) is 8.34. The lowest BCUT2D eigenvalue weighted by Crippen LogP contribution is -2.18. The zero-order valence-electron chi connectivity index (χ0n) is 15.4. The number of carbonyl (C=O) groups is 1. The van der Waals surface area contributed by atoms with Crippen molar-refractivity contribution in [1.29, 1.82) is 0 Å². The quantitative estimate of drug-likeness (QED) is 0.725. The first-order valence-electron chi connectivity index (χ1n) is 8.58. The first kappa shape index (κ1) is 19.3. The van der Waals surface area contributed by atoms with E-state index in [1.54, 1.807) is 12.1 Å². The SMILES string of the molecule is CCOc1ccc(Cl)c(C(=O)Nc2c(C(C)C)cccc2C(C)C)n1. The molecule has 4 nitrogen and oxygen atoms in total. The topological polar surface area (TPSA) is 51.2 Å². The number of pyridine rings is 1. The molecule has 0 aliphatic heterocycles. The monoisotopic (exact) mass is 360 g/mol. The highest BCUT2D eigenvalue weighted by atomic mass is 35.5. The van der Waals surface area contributed by atoms with Crippen LogP contribution in [0.5, 0.6) is 5.88 Å². The van der Waals surface area contributed by atoms with Gasteiger partial charge in [-0.2, -0.15) is 0 Å². The van der Waals surface area contributed by atoms with Crippen LogP contribution in [0.3, 0.4) is 0 Å². The molecule has 2 aromatic rings. The predicted molar refractivity (Wildman–Crippen MR) is 103 cm³/mol. The Balaban J connectivity index is 2.43. The summed E-state index contributed by atoms with van der Waals surface area (Å²) in [5.74, 6) is 0.624. The van der Waals surface area contributed by atoms with Gasteiger partial charge in [0, 0.05) is 11.8 Å². The Kier molecular flexibility index (Phi) is 6.43. The Morgan fingerprint density at radius 2 is 1.72 bits per heavy atom. The van der Waals surface area contributed by atoms with Crippen molar-refractivity contribution in [3.63, 3.8) is 0 Å². The summed E-state index contributed by atoms with van der Waals surface area (Å²) < 4.78 is 5.38. The van der Waals surface area contributed by atoms with Gasteiger partial charge in [-0.25, -0.2) is 4.98 Å². The molecule has 2 rings (SSSR count). The van der Waals surface area contributed by atoms with Crippen LogP contribution in [0.4, 0.5) is 5.69 Å². The van der Waals surface area contributed by atoms with Crippen LogP contribution in [0, 0.1) is 0 Å². The lowest BCUT2D eigenvalue weighted by molar-refractivity contribution is 0.102. The Morgan fingerprint density at radius 1 is 1.12 bits per heavy atom. The summed E-state index contributed by atoms with van der Waals surface area (Å²) in [5, 5.41) is 3.33. The van der Waals surface area contributed by atoms with Crippen molar-refractivity contribution in [1.82, 2.24) is 4.98 Å². The van der Waals surface area contributed by atoms with E-state index in [2.05, 4.69) is 38.0 Å². The summed E-state index contributed by atoms with van der Waals surface area (Å²) in [6.45, 7) is 10.8. The minimum atomic E-state index is -0.332. The van der Waals surface area contributed by atoms with Crippen LogP contribution in [-0.4, -0.2) is 17.5 Å². The van der Waals surface area contributed by atoms with Crippen molar-refractivity contribution >= 4 is 23.2 Å². The third-order valence-electron chi connectivity index (χ3n) is 3.94. The number of hydrogen-bond donors (Lipinski definition) is 1. The molecule has 0 aliphatic carbocycles. The largest absolute Gasteiger partial charge is 0.478 e. The van der Waals surface area contributed by atoms with Gasteiger partial charge >= 0.3 is 0 Å². The van der Waals surface area contributed by atoms with Crippen molar-refractivity contribution in [3.05, 3.63) is 52.2 Å². The fraction of sp³-hybridized carbons (Fsp3) is 0.400. The number of anilines is 1. The number of ether oxygens (including phenoxy) is 1. The van der Waals surface area contributed by atoms with Crippen LogP contribution >= 0.6 is 11.6 Å². The van der Waals surface area contributed by atoms with Crippen LogP contribution < -0.4 is 10.1 Å². The van der Waals surface area contributed by atoms with Crippen LogP contribution in [0.1, 0.15) is 68.1 Å². The number of hydrogen-bond acceptors (Lipinski definition) is 3. The van der Waals surface area contributed by atoms with Gasteiger partial charge in [-0.05, 0) is 36.0 Å². The molecule has 0 spiro atoms. The van der Waals surface area contributed by atoms with Gasteiger partial charge in [0.15, 0.2) is 5.69 Å². The van der Waals surface area contributed by atoms with Gasteiger partial charge in [0.05, 0.1) is 11.6 Å². The van der Waals surface area contributed by atoms with E-state index in [4.69, 9.17) is 16.3 Å². The maximum atomic E-state index is 12.8. The minimum absolute atomic E-state index is 0.167. The molecular formula is C20H25ClN2O2. The van der Waals surface area contributed by atoms with Gasteiger partial charge in [0.2, 0.25) is 5.88 Å². The third-order valence-corrected chi connectivity index (χ3v) is 4.24. The maximum Gasteiger partial charge on any atom is 0.275 e. The summed E-state index contributed by atoms with van der Waals surface area (Å²) >= 11 is 6.18. The molecule has 0 aliphatic rings. The molecule has 1 N–H and O–H groups in total. The number of para-hydroxylation sites is 1. The molecule has 1 aromatic carbocycles. The van der Waals surface area contributed by atoms with Crippen LogP contribution in [0.15, 0.2) is 30.3 Å². The van der Waals surface area contributed by atoms with Crippen LogP contribution in [0.25, 0.3) is 0 Å². The third kappa shape index (κ3) is 4.51. The van der Waals surface area contributed by atoms with Gasteiger partial charge in [-0.3, -0.25) is 4.79 Å². The van der Waals surface area contributed by atoms with E-state index in [0.717, 1.165) is 16.8 Å². The van der Waals surface area contributed by atoms with E-state index >= 15 is 0 Å². The van der Waals surface area contributed by atoms with Crippen molar-refractivity contribution in [2.24, 2.45) is 0 Å². The molecule has 0 saturated carbocycles. The summed E-state index contributed by atoms with van der Waals surface area (Å²) in [5.41, 5.74) is 3.20. The molecule has 1 heterocycles. The normalized spacial score (nSPS) is 11.0. The lowest BCUT2D eigenvalue weighted by atomic mass is 9.92. The maximum absolute atomic E-state index is 12.8. The number of carbonyl (C=O) groups excluding carboxylic acids is 1. The molecule has 0 fully saturated rings. The number of nitrogens with one attached hydrogen (secondary N) is 1. The highest BCUT2D eigenvalue weighted by Crippen LogP contribution is 2.33. The highest BCUT2D eigenvalue weighted by Gasteiger charge is 2.19. The van der Waals surface area contributed by atoms with Crippen molar-refractivity contribution < 1.29 is 9.53 Å². The molecule has 0 bridgehead atoms. The fourth-order valence-electron chi connectivity index (χ4n) is 2.68. The van der Waals surface area contributed by atoms with E-state index in [9.17, 15) is 4.79 Å². The summed E-state index contributed by atoms with van der Waals surface area (Å²) in [6, 6.07) is 9.40. The summed E-state index contributed by atoms with van der Waals surface area (Å²) in [6.07, 6.45) is 0. The Labute approximate surface area is 154 Å². The van der Waals surface area contributed by atoms with Crippen molar-refractivity contribution in [3.8, 4) is 5.88 Å². The number of benzene rings is 1. The number of halogens is 1. The molecule has 1 amide bonds. The van der Waals surface area contributed by atoms with Gasteiger partial charge in [-0.15, -0.1) is 0 Å². The van der Waals surface area contributed by atoms with Crippen molar-refractivity contribution in [2.75, 3.05) is 11.9 Å². The molecule has 0 unspecified atom stereocenters. The van der Waals surface area contributed by atoms with Crippen molar-refractivity contribution in [2.45, 2.75) is 46.5 Å². The van der Waals surface area contributed by atoms with Gasteiger partial charge in [0.25, 0.3) is 5.91 Å². The molecule has 25 heavy (non-hydrogen) atoms. The predicted octanol–water partition coefficient (Wildman–Crippen LogP) is 5.63. The Bertz CT molecular complexity index is 731. The number of amides is 1. The van der Waals surface area contributed by atoms with Gasteiger partial charge in [0.1, 0.15) is 0 Å². The van der Waals surface area contributed by atoms with Crippen LogP contribution in [-0.2, 0) is 0 Å². The second-order valence-electron chi connectivity index (χ2n) is 6.49. The van der Waals surface area contributed by atoms with Gasteiger partial charge in [-0.1, -0.05) is 57.5 Å². The minimum Gasteiger partial charge on any atom is -0.478 e. The first-order valence-corrected chi connectivity index (χ1v) is 8.96. The summed E-state index contributed by atoms with van der Waals surface area (Å²) in [7, 11) is 0. The number of rotatable bonds is 6. The fourth-order valence-corrected chi connectivity index (χ4v) is 2.87. The smallest absolute Gasteiger partial charge is 0.275 e. The van der Waals surface area contributed by atoms with E-state index in [0.29, 0.717) is 17.5 Å². The zero-order chi connectivity index (χ0) is 18.6. The van der Waals surface area contributed by atoms with E-state index in [1.165, 1.54) is 0 Å². The average Bonchev–Trinajstić information content (AvgIpc) is 2.56. The molecule has 0 saturated heterocycles. The van der Waals surface area contributed by atoms with E-state index < -0.39 is 0 Å². The van der Waals surface area contributed by atoms with E-state index in [1.807, 2.05) is 25.1 Å². The standard InChI is InChI=1S/C20H25ClN2O2/c1-6-25-17-11-10-16(21)19(22-17)20(24)23-18-14(12(2)3)8-7-9-15(18)13(4)5/h7-13H,6H2,1-5H3,(H,23,24). The second-order valence-corrected chi connectivity index (χ2v) is 6.90. The Hall–Kier alpha value is -2.07. The number of aromatic nitrogens is 1. The zero-order valence-corrected chi connectivity index (χ0v) is 16.1. The summed E-state index contributed by atoms with van der Waals surface area (Å²) in [4.78, 5) is 17.1. The molecule has 0 atom stereocenters. The molecule has 134 valence electrons.